The van der Waals surface area contributed by atoms with E-state index in [9.17, 15) is 14.0 Å². The number of halogens is 1. The highest BCUT2D eigenvalue weighted by atomic mass is 19.1. The van der Waals surface area contributed by atoms with E-state index < -0.39 is 5.82 Å². The number of para-hydroxylation sites is 2. The third-order valence-corrected chi connectivity index (χ3v) is 4.12. The number of amides is 2. The van der Waals surface area contributed by atoms with Crippen LogP contribution in [0.4, 0.5) is 4.39 Å². The van der Waals surface area contributed by atoms with Gasteiger partial charge < -0.3 is 15.4 Å². The fraction of sp³-hybridized carbons (Fsp3) is 0.130. The minimum Gasteiger partial charge on any atom is -0.457 e. The van der Waals surface area contributed by atoms with E-state index in [0.717, 1.165) is 5.56 Å². The fourth-order valence-corrected chi connectivity index (χ4v) is 2.69. The van der Waals surface area contributed by atoms with Crippen LogP contribution in [0.1, 0.15) is 11.1 Å². The molecule has 0 aliphatic carbocycles. The molecule has 29 heavy (non-hydrogen) atoms. The number of hydrogen-bond acceptors (Lipinski definition) is 3. The van der Waals surface area contributed by atoms with E-state index in [1.807, 2.05) is 54.6 Å². The van der Waals surface area contributed by atoms with Crippen molar-refractivity contribution < 1.29 is 18.7 Å². The van der Waals surface area contributed by atoms with Gasteiger partial charge in [0, 0.05) is 12.1 Å². The maximum absolute atomic E-state index is 13.2. The van der Waals surface area contributed by atoms with Crippen LogP contribution in [0.2, 0.25) is 0 Å². The number of carbonyl (C=O) groups is 2. The van der Waals surface area contributed by atoms with Crippen LogP contribution in [0.25, 0.3) is 0 Å². The number of ether oxygens (including phenoxy) is 1. The van der Waals surface area contributed by atoms with Gasteiger partial charge in [-0.2, -0.15) is 0 Å². The van der Waals surface area contributed by atoms with Gasteiger partial charge in [0.2, 0.25) is 11.8 Å². The lowest BCUT2D eigenvalue weighted by Crippen LogP contribution is -2.37. The lowest BCUT2D eigenvalue weighted by molar-refractivity contribution is -0.125. The van der Waals surface area contributed by atoms with Crippen LogP contribution in [-0.2, 0) is 22.6 Å². The Morgan fingerprint density at radius 3 is 2.38 bits per heavy atom. The molecule has 2 amide bonds. The zero-order valence-corrected chi connectivity index (χ0v) is 15.7. The predicted molar refractivity (Wildman–Crippen MR) is 108 cm³/mol. The molecule has 3 aromatic rings. The van der Waals surface area contributed by atoms with E-state index in [2.05, 4.69) is 10.6 Å². The van der Waals surface area contributed by atoms with Crippen LogP contribution < -0.4 is 15.4 Å². The summed E-state index contributed by atoms with van der Waals surface area (Å²) in [5, 5.41) is 5.30. The molecule has 0 aliphatic rings. The van der Waals surface area contributed by atoms with Gasteiger partial charge in [-0.25, -0.2) is 4.39 Å². The molecular formula is C23H21FN2O3. The highest BCUT2D eigenvalue weighted by molar-refractivity contribution is 5.85. The van der Waals surface area contributed by atoms with Gasteiger partial charge in [-0.05, 0) is 35.9 Å². The number of nitrogens with one attached hydrogen (secondary N) is 2. The smallest absolute Gasteiger partial charge is 0.239 e. The molecule has 0 atom stereocenters. The van der Waals surface area contributed by atoms with Crippen molar-refractivity contribution in [3.8, 4) is 11.5 Å². The molecule has 3 aromatic carbocycles. The Hall–Kier alpha value is -3.67. The van der Waals surface area contributed by atoms with Gasteiger partial charge in [-0.15, -0.1) is 0 Å². The quantitative estimate of drug-likeness (QED) is 0.616. The van der Waals surface area contributed by atoms with Gasteiger partial charge in [0.05, 0.1) is 13.0 Å². The molecule has 0 unspecified atom stereocenters. The Morgan fingerprint density at radius 2 is 1.59 bits per heavy atom. The Bertz CT molecular complexity index is 977. The number of hydrogen-bond donors (Lipinski definition) is 2. The normalized spacial score (nSPS) is 10.2. The van der Waals surface area contributed by atoms with Gasteiger partial charge in [-0.1, -0.05) is 48.5 Å². The maximum Gasteiger partial charge on any atom is 0.239 e. The summed E-state index contributed by atoms with van der Waals surface area (Å²) in [4.78, 5) is 24.0. The first-order valence-corrected chi connectivity index (χ1v) is 9.19. The van der Waals surface area contributed by atoms with Gasteiger partial charge in [0.15, 0.2) is 0 Å². The topological polar surface area (TPSA) is 67.4 Å². The maximum atomic E-state index is 13.2. The molecule has 5 nitrogen and oxygen atoms in total. The van der Waals surface area contributed by atoms with Crippen LogP contribution in [0.15, 0.2) is 78.9 Å². The van der Waals surface area contributed by atoms with Crippen LogP contribution in [-0.4, -0.2) is 18.4 Å². The van der Waals surface area contributed by atoms with Crippen LogP contribution in [0, 0.1) is 5.82 Å². The summed E-state index contributed by atoms with van der Waals surface area (Å²) in [5.74, 6) is 0.278. The lowest BCUT2D eigenvalue weighted by atomic mass is 10.1. The van der Waals surface area contributed by atoms with Crippen molar-refractivity contribution in [3.63, 3.8) is 0 Å². The molecule has 0 aromatic heterocycles. The Balaban J connectivity index is 1.47. The average Bonchev–Trinajstić information content (AvgIpc) is 2.72. The summed E-state index contributed by atoms with van der Waals surface area (Å²) in [5.41, 5.74) is 1.37. The number of rotatable bonds is 8. The minimum absolute atomic E-state index is 0.0127. The Morgan fingerprint density at radius 1 is 0.828 bits per heavy atom. The van der Waals surface area contributed by atoms with E-state index in [4.69, 9.17) is 4.74 Å². The van der Waals surface area contributed by atoms with E-state index in [0.29, 0.717) is 17.1 Å². The van der Waals surface area contributed by atoms with Gasteiger partial charge in [-0.3, -0.25) is 9.59 Å². The standard InChI is InChI=1S/C23H21FN2O3/c24-19-9-6-7-17(13-19)14-22(27)26-16-23(28)25-15-18-8-4-5-12-21(18)29-20-10-2-1-3-11-20/h1-13H,14-16H2,(H,25,28)(H,26,27). The molecule has 0 radical (unpaired) electrons. The average molecular weight is 392 g/mol. The van der Waals surface area contributed by atoms with E-state index in [-0.39, 0.29) is 31.3 Å². The summed E-state index contributed by atoms with van der Waals surface area (Å²) >= 11 is 0. The Kier molecular flexibility index (Phi) is 6.95. The van der Waals surface area contributed by atoms with Crippen LogP contribution >= 0.6 is 0 Å². The predicted octanol–water partition coefficient (Wildman–Crippen LogP) is 3.59. The molecule has 148 valence electrons. The van der Waals surface area contributed by atoms with Gasteiger partial charge >= 0.3 is 0 Å². The van der Waals surface area contributed by atoms with Gasteiger partial charge in [0.25, 0.3) is 0 Å². The minimum atomic E-state index is -0.399. The Labute approximate surface area is 168 Å². The summed E-state index contributed by atoms with van der Waals surface area (Å²) in [7, 11) is 0. The highest BCUT2D eigenvalue weighted by Gasteiger charge is 2.09. The molecule has 2 N–H and O–H groups in total. The van der Waals surface area contributed by atoms with E-state index >= 15 is 0 Å². The second-order valence-corrected chi connectivity index (χ2v) is 6.38. The molecular weight excluding hydrogens is 371 g/mol. The number of carbonyl (C=O) groups excluding carboxylic acids is 2. The largest absolute Gasteiger partial charge is 0.457 e. The summed E-state index contributed by atoms with van der Waals surface area (Å²) in [6, 6.07) is 22.6. The molecule has 0 heterocycles. The van der Waals surface area contributed by atoms with Crippen molar-refractivity contribution in [1.82, 2.24) is 10.6 Å². The molecule has 0 spiro atoms. The third kappa shape index (κ3) is 6.46. The molecule has 0 saturated carbocycles. The molecule has 0 fully saturated rings. The third-order valence-electron chi connectivity index (χ3n) is 4.12. The SMILES string of the molecule is O=C(CNC(=O)Cc1cccc(F)c1)NCc1ccccc1Oc1ccccc1. The molecule has 0 bridgehead atoms. The van der Waals surface area contributed by atoms with Crippen molar-refractivity contribution in [1.29, 1.82) is 0 Å². The van der Waals surface area contributed by atoms with Crippen molar-refractivity contribution in [2.45, 2.75) is 13.0 Å². The second kappa shape index (κ2) is 10.0. The second-order valence-electron chi connectivity index (χ2n) is 6.38. The van der Waals surface area contributed by atoms with Crippen molar-refractivity contribution in [2.24, 2.45) is 0 Å². The van der Waals surface area contributed by atoms with Crippen molar-refractivity contribution in [2.75, 3.05) is 6.54 Å². The molecule has 6 heteroatoms. The van der Waals surface area contributed by atoms with E-state index in [1.165, 1.54) is 12.1 Å². The monoisotopic (exact) mass is 392 g/mol. The van der Waals surface area contributed by atoms with Crippen LogP contribution in [0.5, 0.6) is 11.5 Å². The lowest BCUT2D eigenvalue weighted by Gasteiger charge is -2.12. The van der Waals surface area contributed by atoms with Crippen LogP contribution in [0.3, 0.4) is 0 Å². The number of benzene rings is 3. The molecule has 0 saturated heterocycles. The fourth-order valence-electron chi connectivity index (χ4n) is 2.69. The first kappa shape index (κ1) is 20.1. The zero-order chi connectivity index (χ0) is 20.5. The van der Waals surface area contributed by atoms with Crippen molar-refractivity contribution in [3.05, 3.63) is 95.8 Å². The van der Waals surface area contributed by atoms with E-state index in [1.54, 1.807) is 12.1 Å². The molecule has 0 aliphatic heterocycles. The first-order valence-electron chi connectivity index (χ1n) is 9.19. The highest BCUT2D eigenvalue weighted by Crippen LogP contribution is 2.24. The molecule has 3 rings (SSSR count). The van der Waals surface area contributed by atoms with Gasteiger partial charge in [0.1, 0.15) is 17.3 Å². The summed E-state index contributed by atoms with van der Waals surface area (Å²) < 4.78 is 19.0. The first-order chi connectivity index (χ1) is 14.1. The van der Waals surface area contributed by atoms with Crippen molar-refractivity contribution >= 4 is 11.8 Å². The zero-order valence-electron chi connectivity index (χ0n) is 15.7. The summed E-state index contributed by atoms with van der Waals surface area (Å²) in [6.45, 7) is 0.109. The summed E-state index contributed by atoms with van der Waals surface area (Å²) in [6.07, 6.45) is 0.0127.